The molecule has 1 rings (SSSR count). The van der Waals surface area contributed by atoms with Crippen LogP contribution < -0.4 is 10.6 Å². The number of hydrogen-bond donors (Lipinski definition) is 2. The summed E-state index contributed by atoms with van der Waals surface area (Å²) in [6, 6.07) is 6.09. The lowest BCUT2D eigenvalue weighted by Crippen LogP contribution is -2.42. The van der Waals surface area contributed by atoms with Gasteiger partial charge in [0.25, 0.3) is 5.91 Å². The third-order valence-electron chi connectivity index (χ3n) is 2.35. The highest BCUT2D eigenvalue weighted by Crippen LogP contribution is 2.16. The van der Waals surface area contributed by atoms with Gasteiger partial charge in [0, 0.05) is 11.0 Å². The summed E-state index contributed by atoms with van der Waals surface area (Å²) in [5, 5.41) is 4.60. The molecule has 0 aliphatic carbocycles. The summed E-state index contributed by atoms with van der Waals surface area (Å²) in [5.74, 6) is -1.05. The lowest BCUT2D eigenvalue weighted by atomic mass is 10.2. The minimum absolute atomic E-state index is 0.277. The summed E-state index contributed by atoms with van der Waals surface area (Å²) >= 11 is 3.21. The summed E-state index contributed by atoms with van der Waals surface area (Å²) in [7, 11) is 0. The highest BCUT2D eigenvalue weighted by atomic mass is 79.9. The molecule has 0 bridgehead atoms. The van der Waals surface area contributed by atoms with Crippen molar-refractivity contribution in [3.8, 4) is 0 Å². The van der Waals surface area contributed by atoms with E-state index in [1.54, 1.807) is 24.3 Å². The van der Waals surface area contributed by atoms with Gasteiger partial charge in [-0.3, -0.25) is 10.1 Å². The van der Waals surface area contributed by atoms with Gasteiger partial charge in [-0.15, -0.1) is 0 Å². The van der Waals surface area contributed by atoms with Crippen LogP contribution in [0.5, 0.6) is 0 Å². The Morgan fingerprint density at radius 3 is 2.52 bits per heavy atom. The zero-order valence-electron chi connectivity index (χ0n) is 11.8. The molecule has 3 amide bonds. The molecular weight excluding hydrogens is 340 g/mol. The fourth-order valence-corrected chi connectivity index (χ4v) is 1.79. The second-order valence-corrected chi connectivity index (χ2v) is 5.56. The molecule has 0 heterocycles. The van der Waals surface area contributed by atoms with Gasteiger partial charge in [0.15, 0.2) is 6.61 Å². The lowest BCUT2D eigenvalue weighted by molar-refractivity contribution is -0.123. The molecule has 0 saturated heterocycles. The largest absolute Gasteiger partial charge is 0.452 e. The number of benzene rings is 1. The van der Waals surface area contributed by atoms with Crippen LogP contribution in [0.25, 0.3) is 0 Å². The highest BCUT2D eigenvalue weighted by Gasteiger charge is 2.14. The van der Waals surface area contributed by atoms with Gasteiger partial charge in [0.2, 0.25) is 0 Å². The average Bonchev–Trinajstić information content (AvgIpc) is 2.43. The maximum absolute atomic E-state index is 11.7. The van der Waals surface area contributed by atoms with Gasteiger partial charge < -0.3 is 10.1 Å². The number of urea groups is 1. The van der Waals surface area contributed by atoms with Gasteiger partial charge in [0.05, 0.1) is 5.56 Å². The summed E-state index contributed by atoms with van der Waals surface area (Å²) in [4.78, 5) is 34.5. The normalized spacial score (nSPS) is 10.1. The van der Waals surface area contributed by atoms with Crippen molar-refractivity contribution < 1.29 is 19.1 Å². The van der Waals surface area contributed by atoms with Crippen molar-refractivity contribution in [2.45, 2.75) is 13.8 Å². The van der Waals surface area contributed by atoms with E-state index in [0.717, 1.165) is 0 Å². The molecule has 21 heavy (non-hydrogen) atoms. The Morgan fingerprint density at radius 2 is 1.90 bits per heavy atom. The van der Waals surface area contributed by atoms with E-state index >= 15 is 0 Å². The first kappa shape index (κ1) is 17.2. The van der Waals surface area contributed by atoms with Gasteiger partial charge in [-0.25, -0.2) is 9.59 Å². The molecule has 0 aliphatic heterocycles. The van der Waals surface area contributed by atoms with Gasteiger partial charge >= 0.3 is 12.0 Å². The van der Waals surface area contributed by atoms with E-state index in [4.69, 9.17) is 4.74 Å². The third-order valence-corrected chi connectivity index (χ3v) is 3.04. The topological polar surface area (TPSA) is 84.5 Å². The van der Waals surface area contributed by atoms with Crippen LogP contribution in [0.3, 0.4) is 0 Å². The quantitative estimate of drug-likeness (QED) is 0.791. The Kier molecular flexibility index (Phi) is 6.87. The van der Waals surface area contributed by atoms with E-state index in [2.05, 4.69) is 26.6 Å². The van der Waals surface area contributed by atoms with Crippen LogP contribution in [0.4, 0.5) is 4.79 Å². The maximum atomic E-state index is 11.7. The van der Waals surface area contributed by atoms with Crippen LogP contribution in [-0.4, -0.2) is 31.1 Å². The summed E-state index contributed by atoms with van der Waals surface area (Å²) in [5.41, 5.74) is 0.314. The highest BCUT2D eigenvalue weighted by molar-refractivity contribution is 9.10. The van der Waals surface area contributed by atoms with E-state index in [1.165, 1.54) is 0 Å². The third kappa shape index (κ3) is 6.40. The molecule has 0 saturated carbocycles. The average molecular weight is 357 g/mol. The molecule has 0 unspecified atom stereocenters. The first-order valence-corrected chi connectivity index (χ1v) is 7.18. The van der Waals surface area contributed by atoms with Crippen molar-refractivity contribution in [1.82, 2.24) is 10.6 Å². The first-order chi connectivity index (χ1) is 9.90. The van der Waals surface area contributed by atoms with E-state index < -0.39 is 24.5 Å². The predicted molar refractivity (Wildman–Crippen MR) is 80.8 cm³/mol. The van der Waals surface area contributed by atoms with Crippen LogP contribution in [0.1, 0.15) is 24.2 Å². The Balaban J connectivity index is 2.38. The van der Waals surface area contributed by atoms with Crippen molar-refractivity contribution in [2.24, 2.45) is 5.92 Å². The van der Waals surface area contributed by atoms with Gasteiger partial charge in [0.1, 0.15) is 0 Å². The van der Waals surface area contributed by atoms with Crippen molar-refractivity contribution in [2.75, 3.05) is 13.2 Å². The molecule has 0 aliphatic rings. The number of imide groups is 1. The molecule has 0 spiro atoms. The smallest absolute Gasteiger partial charge is 0.339 e. The second-order valence-electron chi connectivity index (χ2n) is 4.71. The number of halogens is 1. The Morgan fingerprint density at radius 1 is 1.24 bits per heavy atom. The molecule has 0 radical (unpaired) electrons. The van der Waals surface area contributed by atoms with Crippen molar-refractivity contribution >= 4 is 33.8 Å². The molecule has 0 aromatic heterocycles. The van der Waals surface area contributed by atoms with Gasteiger partial charge in [-0.1, -0.05) is 26.0 Å². The number of esters is 1. The van der Waals surface area contributed by atoms with Crippen LogP contribution in [-0.2, 0) is 9.53 Å². The summed E-state index contributed by atoms with van der Waals surface area (Å²) < 4.78 is 5.41. The Hall–Kier alpha value is -1.89. The van der Waals surface area contributed by atoms with Crippen LogP contribution in [0.2, 0.25) is 0 Å². The molecule has 0 fully saturated rings. The minimum Gasteiger partial charge on any atom is -0.452 e. The maximum Gasteiger partial charge on any atom is 0.339 e. The van der Waals surface area contributed by atoms with Crippen molar-refractivity contribution in [3.63, 3.8) is 0 Å². The van der Waals surface area contributed by atoms with E-state index in [1.807, 2.05) is 13.8 Å². The summed E-state index contributed by atoms with van der Waals surface area (Å²) in [6.45, 7) is 3.80. The van der Waals surface area contributed by atoms with E-state index in [9.17, 15) is 14.4 Å². The fraction of sp³-hybridized carbons (Fsp3) is 0.357. The molecule has 0 atom stereocenters. The van der Waals surface area contributed by atoms with Crippen molar-refractivity contribution in [1.29, 1.82) is 0 Å². The zero-order valence-corrected chi connectivity index (χ0v) is 13.4. The van der Waals surface area contributed by atoms with Crippen LogP contribution in [0.15, 0.2) is 28.7 Å². The van der Waals surface area contributed by atoms with Gasteiger partial charge in [-0.2, -0.15) is 0 Å². The lowest BCUT2D eigenvalue weighted by Gasteiger charge is -2.09. The molecule has 2 N–H and O–H groups in total. The first-order valence-electron chi connectivity index (χ1n) is 6.39. The number of carbonyl (C=O) groups is 3. The molecule has 1 aromatic carbocycles. The molecule has 6 nitrogen and oxygen atoms in total. The number of carbonyl (C=O) groups excluding carboxylic acids is 3. The minimum atomic E-state index is -0.684. The van der Waals surface area contributed by atoms with Crippen molar-refractivity contribution in [3.05, 3.63) is 34.3 Å². The Bertz CT molecular complexity index is 531. The standard InChI is InChI=1S/C14H17BrN2O4/c1-9(2)7-16-14(20)17-12(18)8-21-13(19)10-5-3-4-6-11(10)15/h3-6,9H,7-8H2,1-2H3,(H2,16,17,18,20). The monoisotopic (exact) mass is 356 g/mol. The number of ether oxygens (including phenoxy) is 1. The molecular formula is C14H17BrN2O4. The SMILES string of the molecule is CC(C)CNC(=O)NC(=O)COC(=O)c1ccccc1Br. The zero-order chi connectivity index (χ0) is 15.8. The molecule has 7 heteroatoms. The van der Waals surface area contributed by atoms with E-state index in [0.29, 0.717) is 16.6 Å². The second kappa shape index (κ2) is 8.41. The Labute approximate surface area is 131 Å². The predicted octanol–water partition coefficient (Wildman–Crippen LogP) is 2.09. The van der Waals surface area contributed by atoms with E-state index in [-0.39, 0.29) is 5.92 Å². The fourth-order valence-electron chi connectivity index (χ4n) is 1.34. The summed E-state index contributed by atoms with van der Waals surface area (Å²) in [6.07, 6.45) is 0. The number of amides is 3. The number of hydrogen-bond acceptors (Lipinski definition) is 4. The van der Waals surface area contributed by atoms with Crippen LogP contribution >= 0.6 is 15.9 Å². The van der Waals surface area contributed by atoms with Crippen LogP contribution in [0, 0.1) is 5.92 Å². The number of rotatable bonds is 5. The molecule has 1 aromatic rings. The number of nitrogens with one attached hydrogen (secondary N) is 2. The molecule has 114 valence electrons. The van der Waals surface area contributed by atoms with Gasteiger partial charge in [-0.05, 0) is 34.0 Å².